The summed E-state index contributed by atoms with van der Waals surface area (Å²) in [5, 5.41) is 3.65. The van der Waals surface area contributed by atoms with Crippen LogP contribution in [-0.2, 0) is 11.8 Å². The van der Waals surface area contributed by atoms with Gasteiger partial charge in [0.1, 0.15) is 0 Å². The monoisotopic (exact) mass is 404 g/mol. The maximum atomic E-state index is 13.1. The highest BCUT2D eigenvalue weighted by Crippen LogP contribution is 2.19. The molecule has 2 heterocycles. The third-order valence-electron chi connectivity index (χ3n) is 5.47. The lowest BCUT2D eigenvalue weighted by Crippen LogP contribution is -2.50. The number of piperazine rings is 1. The second-order valence-corrected chi connectivity index (χ2v) is 7.45. The summed E-state index contributed by atoms with van der Waals surface area (Å²) in [6.07, 6.45) is 0. The number of hydrogen-bond donors (Lipinski definition) is 1. The Bertz CT molecular complexity index is 1130. The van der Waals surface area contributed by atoms with Crippen molar-refractivity contribution in [2.24, 2.45) is 7.05 Å². The van der Waals surface area contributed by atoms with Gasteiger partial charge in [0.15, 0.2) is 0 Å². The lowest BCUT2D eigenvalue weighted by atomic mass is 10.1. The molecule has 4 rings (SSSR count). The highest BCUT2D eigenvalue weighted by atomic mass is 16.2. The maximum absolute atomic E-state index is 13.1. The third-order valence-corrected chi connectivity index (χ3v) is 5.47. The average Bonchev–Trinajstić information content (AvgIpc) is 2.77. The Hall–Kier alpha value is -3.45. The van der Waals surface area contributed by atoms with Crippen LogP contribution in [0.4, 0.5) is 5.69 Å². The zero-order chi connectivity index (χ0) is 21.1. The quantitative estimate of drug-likeness (QED) is 0.721. The Labute approximate surface area is 174 Å². The molecular weight excluding hydrogens is 380 g/mol. The second-order valence-electron chi connectivity index (χ2n) is 7.45. The van der Waals surface area contributed by atoms with Crippen molar-refractivity contribution < 1.29 is 9.59 Å². The molecule has 154 valence electrons. The Kier molecular flexibility index (Phi) is 5.63. The lowest BCUT2D eigenvalue weighted by molar-refractivity contribution is -0.117. The van der Waals surface area contributed by atoms with E-state index in [0.717, 1.165) is 16.6 Å². The van der Waals surface area contributed by atoms with Gasteiger partial charge in [-0.1, -0.05) is 36.4 Å². The minimum atomic E-state index is -0.201. The first kappa shape index (κ1) is 19.8. The molecule has 1 aliphatic heterocycles. The molecule has 0 atom stereocenters. The van der Waals surface area contributed by atoms with Crippen LogP contribution in [0.15, 0.2) is 65.5 Å². The molecule has 1 saturated heterocycles. The Morgan fingerprint density at radius 1 is 0.933 bits per heavy atom. The maximum Gasteiger partial charge on any atom is 0.254 e. The molecule has 0 saturated carbocycles. The number of benzene rings is 2. The van der Waals surface area contributed by atoms with Crippen LogP contribution < -0.4 is 10.9 Å². The summed E-state index contributed by atoms with van der Waals surface area (Å²) in [4.78, 5) is 41.5. The van der Waals surface area contributed by atoms with Gasteiger partial charge in [-0.05, 0) is 18.2 Å². The fourth-order valence-corrected chi connectivity index (χ4v) is 3.79. The number of anilines is 1. The predicted molar refractivity (Wildman–Crippen MR) is 117 cm³/mol. The Morgan fingerprint density at radius 2 is 1.60 bits per heavy atom. The van der Waals surface area contributed by atoms with Gasteiger partial charge in [-0.3, -0.25) is 19.3 Å². The number of hydrogen-bond acceptors (Lipinski definition) is 4. The Morgan fingerprint density at radius 3 is 2.33 bits per heavy atom. The molecule has 2 aromatic carbocycles. The van der Waals surface area contributed by atoms with Crippen molar-refractivity contribution in [1.29, 1.82) is 0 Å². The van der Waals surface area contributed by atoms with E-state index in [1.165, 1.54) is 6.07 Å². The van der Waals surface area contributed by atoms with Gasteiger partial charge in [0, 0.05) is 50.4 Å². The van der Waals surface area contributed by atoms with E-state index < -0.39 is 0 Å². The standard InChI is InChI=1S/C23H24N4O3/c1-25-20-10-6-5-9-18(20)19(15-22(25)29)23(30)27-13-11-26(12-14-27)16-21(28)24-17-7-3-2-4-8-17/h2-10,15H,11-14,16H2,1H3,(H,24,28). The molecule has 7 nitrogen and oxygen atoms in total. The number of carbonyl (C=O) groups is 2. The van der Waals surface area contributed by atoms with E-state index in [4.69, 9.17) is 0 Å². The summed E-state index contributed by atoms with van der Waals surface area (Å²) < 4.78 is 1.55. The number of fused-ring (bicyclic) bond motifs is 1. The number of para-hydroxylation sites is 2. The molecule has 7 heteroatoms. The zero-order valence-corrected chi connectivity index (χ0v) is 16.9. The number of nitrogens with zero attached hydrogens (tertiary/aromatic N) is 3. The van der Waals surface area contributed by atoms with Gasteiger partial charge in [0.2, 0.25) is 5.91 Å². The predicted octanol–water partition coefficient (Wildman–Crippen LogP) is 1.93. The summed E-state index contributed by atoms with van der Waals surface area (Å²) >= 11 is 0. The van der Waals surface area contributed by atoms with Crippen molar-refractivity contribution in [3.8, 4) is 0 Å². The van der Waals surface area contributed by atoms with Gasteiger partial charge in [-0.15, -0.1) is 0 Å². The SMILES string of the molecule is Cn1c(=O)cc(C(=O)N2CCN(CC(=O)Nc3ccccc3)CC2)c2ccccc21. The van der Waals surface area contributed by atoms with Crippen LogP contribution in [0, 0.1) is 0 Å². The van der Waals surface area contributed by atoms with Crippen molar-refractivity contribution in [2.75, 3.05) is 38.0 Å². The molecule has 1 N–H and O–H groups in total. The number of rotatable bonds is 4. The van der Waals surface area contributed by atoms with Crippen molar-refractivity contribution >= 4 is 28.4 Å². The van der Waals surface area contributed by atoms with Crippen LogP contribution >= 0.6 is 0 Å². The molecule has 0 bridgehead atoms. The summed E-state index contributed by atoms with van der Waals surface area (Å²) in [6, 6.07) is 18.2. The number of aryl methyl sites for hydroxylation is 1. The second kappa shape index (κ2) is 8.51. The van der Waals surface area contributed by atoms with E-state index in [-0.39, 0.29) is 23.9 Å². The van der Waals surface area contributed by atoms with Crippen molar-refractivity contribution in [1.82, 2.24) is 14.4 Å². The Balaban J connectivity index is 1.40. The van der Waals surface area contributed by atoms with Gasteiger partial charge in [-0.25, -0.2) is 0 Å². The number of pyridine rings is 1. The summed E-state index contributed by atoms with van der Waals surface area (Å²) in [6.45, 7) is 2.53. The zero-order valence-electron chi connectivity index (χ0n) is 16.9. The van der Waals surface area contributed by atoms with Gasteiger partial charge in [-0.2, -0.15) is 0 Å². The molecule has 0 radical (unpaired) electrons. The average molecular weight is 404 g/mol. The number of carbonyl (C=O) groups excluding carboxylic acids is 2. The fourth-order valence-electron chi connectivity index (χ4n) is 3.79. The molecule has 0 unspecified atom stereocenters. The minimum Gasteiger partial charge on any atom is -0.336 e. The molecular formula is C23H24N4O3. The van der Waals surface area contributed by atoms with Gasteiger partial charge < -0.3 is 14.8 Å². The highest BCUT2D eigenvalue weighted by molar-refractivity contribution is 6.06. The molecule has 1 aliphatic rings. The molecule has 0 spiro atoms. The van der Waals surface area contributed by atoms with Crippen LogP contribution in [0.1, 0.15) is 10.4 Å². The van der Waals surface area contributed by atoms with E-state index in [1.807, 2.05) is 59.5 Å². The van der Waals surface area contributed by atoms with Crippen LogP contribution in [-0.4, -0.2) is 58.9 Å². The van der Waals surface area contributed by atoms with E-state index in [0.29, 0.717) is 31.7 Å². The molecule has 2 amide bonds. The van der Waals surface area contributed by atoms with Crippen LogP contribution in [0.2, 0.25) is 0 Å². The number of amides is 2. The third kappa shape index (κ3) is 4.11. The fraction of sp³-hybridized carbons (Fsp3) is 0.261. The first-order valence-electron chi connectivity index (χ1n) is 9.98. The first-order chi connectivity index (χ1) is 14.5. The number of aromatic nitrogens is 1. The van der Waals surface area contributed by atoms with Crippen LogP contribution in [0.5, 0.6) is 0 Å². The van der Waals surface area contributed by atoms with E-state index >= 15 is 0 Å². The van der Waals surface area contributed by atoms with E-state index in [1.54, 1.807) is 16.5 Å². The van der Waals surface area contributed by atoms with Gasteiger partial charge >= 0.3 is 0 Å². The normalized spacial score (nSPS) is 14.6. The van der Waals surface area contributed by atoms with Crippen LogP contribution in [0.25, 0.3) is 10.9 Å². The van der Waals surface area contributed by atoms with E-state index in [2.05, 4.69) is 5.32 Å². The largest absolute Gasteiger partial charge is 0.336 e. The van der Waals surface area contributed by atoms with Crippen molar-refractivity contribution in [3.63, 3.8) is 0 Å². The molecule has 30 heavy (non-hydrogen) atoms. The summed E-state index contributed by atoms with van der Waals surface area (Å²) in [5.74, 6) is -0.212. The van der Waals surface area contributed by atoms with Crippen LogP contribution in [0.3, 0.4) is 0 Å². The molecule has 0 aliphatic carbocycles. The van der Waals surface area contributed by atoms with Crippen molar-refractivity contribution in [2.45, 2.75) is 0 Å². The first-order valence-corrected chi connectivity index (χ1v) is 9.98. The van der Waals surface area contributed by atoms with E-state index in [9.17, 15) is 14.4 Å². The van der Waals surface area contributed by atoms with Gasteiger partial charge in [0.05, 0.1) is 17.6 Å². The summed E-state index contributed by atoms with van der Waals surface area (Å²) in [7, 11) is 1.71. The lowest BCUT2D eigenvalue weighted by Gasteiger charge is -2.34. The summed E-state index contributed by atoms with van der Waals surface area (Å²) in [5.41, 5.74) is 1.75. The highest BCUT2D eigenvalue weighted by Gasteiger charge is 2.25. The number of nitrogens with one attached hydrogen (secondary N) is 1. The smallest absolute Gasteiger partial charge is 0.254 e. The van der Waals surface area contributed by atoms with Crippen molar-refractivity contribution in [3.05, 3.63) is 76.6 Å². The molecule has 1 aromatic heterocycles. The molecule has 1 fully saturated rings. The van der Waals surface area contributed by atoms with Gasteiger partial charge in [0.25, 0.3) is 11.5 Å². The molecule has 3 aromatic rings. The topological polar surface area (TPSA) is 74.7 Å². The minimum absolute atomic E-state index is 0.0708.